The minimum absolute atomic E-state index is 0.283. The third kappa shape index (κ3) is 5.37. The predicted molar refractivity (Wildman–Crippen MR) is 126 cm³/mol. The number of nitrogens with zero attached hydrogens (tertiary/aromatic N) is 1. The monoisotopic (exact) mass is 456 g/mol. The molecule has 1 aliphatic heterocycles. The number of methoxy groups -OCH3 is 3. The summed E-state index contributed by atoms with van der Waals surface area (Å²) >= 11 is 1.56. The number of benzene rings is 2. The molecule has 3 rings (SSSR count). The van der Waals surface area contributed by atoms with Gasteiger partial charge in [0.25, 0.3) is 0 Å². The van der Waals surface area contributed by atoms with Crippen LogP contribution in [0.2, 0.25) is 0 Å². The fourth-order valence-electron chi connectivity index (χ4n) is 3.34. The smallest absolute Gasteiger partial charge is 0.338 e. The van der Waals surface area contributed by atoms with Crippen LogP contribution in [0.4, 0.5) is 0 Å². The first kappa shape index (κ1) is 23.5. The first-order chi connectivity index (χ1) is 15.5. The average Bonchev–Trinajstić information content (AvgIpc) is 2.82. The lowest BCUT2D eigenvalue weighted by molar-refractivity contribution is -0.138. The second-order valence-electron chi connectivity index (χ2n) is 6.97. The van der Waals surface area contributed by atoms with Crippen molar-refractivity contribution in [2.45, 2.75) is 25.6 Å². The minimum Gasteiger partial charge on any atom is -0.497 e. The molecule has 0 unspecified atom stereocenters. The van der Waals surface area contributed by atoms with Gasteiger partial charge in [-0.05, 0) is 43.7 Å². The van der Waals surface area contributed by atoms with Crippen molar-refractivity contribution in [1.29, 1.82) is 0 Å². The summed E-state index contributed by atoms with van der Waals surface area (Å²) in [6.07, 6.45) is 0. The topological polar surface area (TPSA) is 78.4 Å². The van der Waals surface area contributed by atoms with E-state index in [1.807, 2.05) is 43.3 Å². The maximum Gasteiger partial charge on any atom is 0.338 e. The first-order valence-corrected chi connectivity index (χ1v) is 11.2. The average molecular weight is 457 g/mol. The lowest BCUT2D eigenvalue weighted by Gasteiger charge is -2.27. The quantitative estimate of drug-likeness (QED) is 0.587. The molecule has 2 aromatic carbocycles. The second-order valence-corrected chi connectivity index (χ2v) is 7.93. The van der Waals surface area contributed by atoms with E-state index >= 15 is 0 Å². The Bertz CT molecular complexity index is 1020. The molecule has 2 aromatic rings. The molecule has 7 nitrogen and oxygen atoms in total. The number of nitrogens with one attached hydrogen (secondary N) is 1. The number of carbonyl (C=O) groups is 1. The van der Waals surface area contributed by atoms with Crippen molar-refractivity contribution in [2.75, 3.05) is 27.9 Å². The summed E-state index contributed by atoms with van der Waals surface area (Å²) in [5.41, 5.74) is 3.07. The fraction of sp³-hybridized carbons (Fsp3) is 0.333. The van der Waals surface area contributed by atoms with Gasteiger partial charge in [-0.25, -0.2) is 9.79 Å². The Morgan fingerprint density at radius 2 is 1.72 bits per heavy atom. The number of hydrogen-bond acceptors (Lipinski definition) is 8. The van der Waals surface area contributed by atoms with Crippen LogP contribution in [0, 0.1) is 0 Å². The molecule has 0 radical (unpaired) electrons. The van der Waals surface area contributed by atoms with E-state index in [2.05, 4.69) is 5.32 Å². The van der Waals surface area contributed by atoms with E-state index in [1.54, 1.807) is 46.1 Å². The molecule has 32 heavy (non-hydrogen) atoms. The van der Waals surface area contributed by atoms with Gasteiger partial charge in [-0.1, -0.05) is 23.9 Å². The standard InChI is InChI=1S/C24H28N2O5S/c1-6-31-23(27)21-15(2)25-24(32-14-16-7-9-17(28-3)10-8-16)26-22(21)19-12-11-18(29-4)13-20(19)30-5/h7-13,22H,6,14H2,1-5H3,(H,25,26)/t22-/m0/s1. The molecule has 0 fully saturated rings. The summed E-state index contributed by atoms with van der Waals surface area (Å²) in [4.78, 5) is 17.7. The molecule has 0 spiro atoms. The number of esters is 1. The summed E-state index contributed by atoms with van der Waals surface area (Å²) in [6.45, 7) is 3.93. The molecule has 8 heteroatoms. The summed E-state index contributed by atoms with van der Waals surface area (Å²) < 4.78 is 21.4. The zero-order chi connectivity index (χ0) is 23.1. The molecule has 0 aromatic heterocycles. The number of thioether (sulfide) groups is 1. The van der Waals surface area contributed by atoms with Crippen LogP contribution in [0.15, 0.2) is 58.7 Å². The molecular weight excluding hydrogens is 428 g/mol. The third-order valence-electron chi connectivity index (χ3n) is 4.98. The Morgan fingerprint density at radius 3 is 2.34 bits per heavy atom. The highest BCUT2D eigenvalue weighted by Gasteiger charge is 2.32. The van der Waals surface area contributed by atoms with Crippen LogP contribution >= 0.6 is 11.8 Å². The number of hydrogen-bond donors (Lipinski definition) is 1. The third-order valence-corrected chi connectivity index (χ3v) is 5.94. The Hall–Kier alpha value is -3.13. The van der Waals surface area contributed by atoms with Gasteiger partial charge in [0, 0.05) is 23.1 Å². The molecule has 0 saturated carbocycles. The number of carbonyl (C=O) groups excluding carboxylic acids is 1. The lowest BCUT2D eigenvalue weighted by atomic mass is 9.95. The van der Waals surface area contributed by atoms with Crippen LogP contribution in [-0.4, -0.2) is 39.1 Å². The summed E-state index contributed by atoms with van der Waals surface area (Å²) in [5, 5.41) is 3.98. The largest absolute Gasteiger partial charge is 0.497 e. The molecular formula is C24H28N2O5S. The van der Waals surface area contributed by atoms with Crippen molar-refractivity contribution in [3.05, 3.63) is 64.9 Å². The molecule has 1 heterocycles. The number of aliphatic imine (C=N–C) groups is 1. The van der Waals surface area contributed by atoms with Crippen LogP contribution in [-0.2, 0) is 15.3 Å². The maximum atomic E-state index is 12.8. The summed E-state index contributed by atoms with van der Waals surface area (Å²) in [6, 6.07) is 12.8. The molecule has 170 valence electrons. The molecule has 0 aliphatic carbocycles. The van der Waals surface area contributed by atoms with Gasteiger partial charge in [0.2, 0.25) is 0 Å². The van der Waals surface area contributed by atoms with E-state index in [9.17, 15) is 4.79 Å². The van der Waals surface area contributed by atoms with Gasteiger partial charge in [-0.2, -0.15) is 0 Å². The number of amidine groups is 1. The van der Waals surface area contributed by atoms with Crippen molar-refractivity contribution < 1.29 is 23.7 Å². The van der Waals surface area contributed by atoms with Gasteiger partial charge < -0.3 is 24.3 Å². The van der Waals surface area contributed by atoms with Crippen LogP contribution in [0.25, 0.3) is 0 Å². The van der Waals surface area contributed by atoms with E-state index < -0.39 is 12.0 Å². The van der Waals surface area contributed by atoms with Gasteiger partial charge in [-0.3, -0.25) is 0 Å². The van der Waals surface area contributed by atoms with Crippen LogP contribution in [0.3, 0.4) is 0 Å². The molecule has 1 atom stereocenters. The minimum atomic E-state index is -0.561. The number of allylic oxidation sites excluding steroid dienone is 1. The highest BCUT2D eigenvalue weighted by atomic mass is 32.2. The Kier molecular flexibility index (Phi) is 8.05. The molecule has 0 amide bonds. The molecule has 0 bridgehead atoms. The Balaban J connectivity index is 1.93. The maximum absolute atomic E-state index is 12.8. The van der Waals surface area contributed by atoms with E-state index in [-0.39, 0.29) is 6.61 Å². The Morgan fingerprint density at radius 1 is 1.03 bits per heavy atom. The molecule has 1 N–H and O–H groups in total. The lowest BCUT2D eigenvalue weighted by Crippen LogP contribution is -2.30. The highest BCUT2D eigenvalue weighted by molar-refractivity contribution is 8.13. The zero-order valence-corrected chi connectivity index (χ0v) is 19.7. The first-order valence-electron chi connectivity index (χ1n) is 10.2. The van der Waals surface area contributed by atoms with Gasteiger partial charge in [0.05, 0.1) is 33.5 Å². The van der Waals surface area contributed by atoms with Crippen molar-refractivity contribution >= 4 is 22.9 Å². The highest BCUT2D eigenvalue weighted by Crippen LogP contribution is 2.39. The summed E-state index contributed by atoms with van der Waals surface area (Å²) in [7, 11) is 4.83. The van der Waals surface area contributed by atoms with Crippen molar-refractivity contribution in [3.8, 4) is 17.2 Å². The number of rotatable bonds is 8. The summed E-state index contributed by atoms with van der Waals surface area (Å²) in [5.74, 6) is 2.38. The number of ether oxygens (including phenoxy) is 4. The van der Waals surface area contributed by atoms with E-state index in [1.165, 1.54) is 0 Å². The second kappa shape index (κ2) is 10.9. The Labute approximate surface area is 192 Å². The fourth-order valence-corrected chi connectivity index (χ4v) is 4.24. The van der Waals surface area contributed by atoms with Gasteiger partial charge in [0.1, 0.15) is 23.3 Å². The van der Waals surface area contributed by atoms with Crippen molar-refractivity contribution in [1.82, 2.24) is 5.32 Å². The van der Waals surface area contributed by atoms with Crippen LogP contribution in [0.5, 0.6) is 17.2 Å². The van der Waals surface area contributed by atoms with Crippen molar-refractivity contribution in [2.24, 2.45) is 4.99 Å². The SMILES string of the molecule is CCOC(=O)C1=C(C)NC(SCc2ccc(OC)cc2)=N[C@H]1c1ccc(OC)cc1OC. The molecule has 0 saturated heterocycles. The van der Waals surface area contributed by atoms with Crippen LogP contribution < -0.4 is 19.5 Å². The van der Waals surface area contributed by atoms with Gasteiger partial charge >= 0.3 is 5.97 Å². The van der Waals surface area contributed by atoms with E-state index in [4.69, 9.17) is 23.9 Å². The van der Waals surface area contributed by atoms with Gasteiger partial charge in [0.15, 0.2) is 5.17 Å². The van der Waals surface area contributed by atoms with E-state index in [0.717, 1.165) is 16.9 Å². The zero-order valence-electron chi connectivity index (χ0n) is 18.9. The normalized spacial score (nSPS) is 15.5. The van der Waals surface area contributed by atoms with Crippen LogP contribution in [0.1, 0.15) is 31.0 Å². The van der Waals surface area contributed by atoms with E-state index in [0.29, 0.717) is 33.7 Å². The predicted octanol–water partition coefficient (Wildman–Crippen LogP) is 4.48. The van der Waals surface area contributed by atoms with Gasteiger partial charge in [-0.15, -0.1) is 0 Å². The molecule has 1 aliphatic rings. The van der Waals surface area contributed by atoms with Crippen molar-refractivity contribution in [3.63, 3.8) is 0 Å².